The van der Waals surface area contributed by atoms with Crippen LogP contribution >= 0.6 is 0 Å². The summed E-state index contributed by atoms with van der Waals surface area (Å²) in [5.74, 6) is 2.04. The van der Waals surface area contributed by atoms with Crippen molar-refractivity contribution in [3.05, 3.63) is 18.0 Å². The predicted octanol–water partition coefficient (Wildman–Crippen LogP) is 16.6. The van der Waals surface area contributed by atoms with E-state index < -0.39 is 0 Å². The van der Waals surface area contributed by atoms with E-state index in [1.807, 2.05) is 0 Å². The molecule has 3 heteroatoms. The Hall–Kier alpha value is -0.990. The van der Waals surface area contributed by atoms with E-state index in [1.54, 1.807) is 6.33 Å². The van der Waals surface area contributed by atoms with Crippen molar-refractivity contribution in [2.75, 3.05) is 0 Å². The summed E-state index contributed by atoms with van der Waals surface area (Å²) in [6.07, 6.45) is 61.0. The second-order valence-electron chi connectivity index (χ2n) is 16.3. The molecule has 0 aliphatic heterocycles. The van der Waals surface area contributed by atoms with Gasteiger partial charge in [-0.2, -0.15) is 0 Å². The molecule has 1 aromatic rings. The minimum absolute atomic E-state index is 1.02. The smallest absolute Gasteiger partial charge is 0.132 e. The number of nitrogens with zero attached hydrogens (tertiary/aromatic N) is 3. The number of unbranched alkanes of at least 4 members (excludes halogenated alkanes) is 38. The lowest BCUT2D eigenvalue weighted by Gasteiger charge is -2.05. The molecule has 0 saturated heterocycles. The molecule has 0 aliphatic rings. The molecule has 0 bridgehead atoms. The summed E-state index contributed by atoms with van der Waals surface area (Å²) in [5, 5.41) is 0. The van der Waals surface area contributed by atoms with E-state index in [0.717, 1.165) is 24.5 Å². The van der Waals surface area contributed by atoms with Gasteiger partial charge in [-0.3, -0.25) is 0 Å². The molecule has 294 valence electrons. The maximum Gasteiger partial charge on any atom is 0.132 e. The van der Waals surface area contributed by atoms with Crippen molar-refractivity contribution in [3.8, 4) is 0 Å². The molecule has 0 amide bonds. The van der Waals surface area contributed by atoms with Gasteiger partial charge in [-0.15, -0.1) is 0 Å². The minimum Gasteiger partial charge on any atom is -0.221 e. The van der Waals surface area contributed by atoms with Gasteiger partial charge in [-0.1, -0.05) is 258 Å². The fraction of sp³-hybridized carbons (Fsp3) is 0.936. The zero-order valence-electron chi connectivity index (χ0n) is 34.6. The van der Waals surface area contributed by atoms with Gasteiger partial charge in [0.15, 0.2) is 0 Å². The molecule has 0 atom stereocenters. The van der Waals surface area contributed by atoms with E-state index in [2.05, 4.69) is 23.8 Å². The standard InChI is InChI=1S/C47H91N3/c1-3-5-7-9-11-13-15-17-19-21-23-25-27-29-31-33-35-37-39-41-43-46-48-45-49-47(50-46)44-42-40-38-36-34-32-30-28-26-24-22-20-18-16-14-12-10-8-6-4-2/h45H,3-44H2,1-2H3. The largest absolute Gasteiger partial charge is 0.221 e. The first-order valence-corrected chi connectivity index (χ1v) is 23.5. The summed E-state index contributed by atoms with van der Waals surface area (Å²) in [4.78, 5) is 13.7. The van der Waals surface area contributed by atoms with E-state index in [1.165, 1.54) is 257 Å². The van der Waals surface area contributed by atoms with Gasteiger partial charge in [0.05, 0.1) is 0 Å². The summed E-state index contributed by atoms with van der Waals surface area (Å²) >= 11 is 0. The zero-order valence-corrected chi connectivity index (χ0v) is 34.6. The normalized spacial score (nSPS) is 11.6. The third-order valence-electron chi connectivity index (χ3n) is 11.2. The summed E-state index contributed by atoms with van der Waals surface area (Å²) in [5.41, 5.74) is 0. The van der Waals surface area contributed by atoms with Crippen molar-refractivity contribution in [1.29, 1.82) is 0 Å². The van der Waals surface area contributed by atoms with Gasteiger partial charge in [0.2, 0.25) is 0 Å². The van der Waals surface area contributed by atoms with Gasteiger partial charge in [0.1, 0.15) is 18.0 Å². The summed E-state index contributed by atoms with van der Waals surface area (Å²) in [7, 11) is 0. The zero-order chi connectivity index (χ0) is 35.7. The Morgan fingerprint density at radius 3 is 0.640 bits per heavy atom. The van der Waals surface area contributed by atoms with Crippen LogP contribution in [0.1, 0.15) is 282 Å². The van der Waals surface area contributed by atoms with Gasteiger partial charge in [-0.25, -0.2) is 15.0 Å². The lowest BCUT2D eigenvalue weighted by atomic mass is 10.0. The molecule has 0 fully saturated rings. The molecule has 1 aromatic heterocycles. The molecule has 3 nitrogen and oxygen atoms in total. The van der Waals surface area contributed by atoms with Crippen molar-refractivity contribution in [3.63, 3.8) is 0 Å². The number of hydrogen-bond donors (Lipinski definition) is 0. The van der Waals surface area contributed by atoms with Crippen LogP contribution in [-0.4, -0.2) is 15.0 Å². The molecule has 0 spiro atoms. The Labute approximate surface area is 315 Å². The fourth-order valence-electron chi connectivity index (χ4n) is 7.69. The molecule has 0 N–H and O–H groups in total. The van der Waals surface area contributed by atoms with E-state index in [9.17, 15) is 0 Å². The van der Waals surface area contributed by atoms with Crippen LogP contribution < -0.4 is 0 Å². The highest BCUT2D eigenvalue weighted by Gasteiger charge is 2.03. The van der Waals surface area contributed by atoms with Gasteiger partial charge in [0, 0.05) is 12.8 Å². The van der Waals surface area contributed by atoms with Crippen LogP contribution in [0.5, 0.6) is 0 Å². The number of aryl methyl sites for hydroxylation is 2. The molecule has 1 rings (SSSR count). The second-order valence-corrected chi connectivity index (χ2v) is 16.3. The maximum absolute atomic E-state index is 4.79. The molecule has 0 saturated carbocycles. The van der Waals surface area contributed by atoms with E-state index in [-0.39, 0.29) is 0 Å². The topological polar surface area (TPSA) is 38.7 Å². The highest BCUT2D eigenvalue weighted by atomic mass is 15.0. The van der Waals surface area contributed by atoms with Crippen LogP contribution in [0.3, 0.4) is 0 Å². The molecule has 1 heterocycles. The number of rotatable bonds is 42. The van der Waals surface area contributed by atoms with Crippen LogP contribution in [0, 0.1) is 0 Å². The van der Waals surface area contributed by atoms with E-state index >= 15 is 0 Å². The molecule has 0 radical (unpaired) electrons. The molecule has 0 aromatic carbocycles. The quantitative estimate of drug-likeness (QED) is 0.0638. The SMILES string of the molecule is CCCCCCCCCCCCCCCCCCCCCCc1ncnc(CCCCCCCCCCCCCCCCCCCCCC)n1. The highest BCUT2D eigenvalue weighted by molar-refractivity contribution is 4.91. The average Bonchev–Trinajstić information content (AvgIpc) is 3.13. The first-order chi connectivity index (χ1) is 24.9. The lowest BCUT2D eigenvalue weighted by Crippen LogP contribution is -2.02. The monoisotopic (exact) mass is 698 g/mol. The fourth-order valence-corrected chi connectivity index (χ4v) is 7.69. The summed E-state index contributed by atoms with van der Waals surface area (Å²) in [6, 6.07) is 0. The first-order valence-electron chi connectivity index (χ1n) is 23.5. The Balaban J connectivity index is 1.80. The maximum atomic E-state index is 4.79. The van der Waals surface area contributed by atoms with Crippen molar-refractivity contribution in [2.24, 2.45) is 0 Å². The van der Waals surface area contributed by atoms with Gasteiger partial charge in [-0.05, 0) is 12.8 Å². The molecule has 50 heavy (non-hydrogen) atoms. The van der Waals surface area contributed by atoms with Crippen LogP contribution in [-0.2, 0) is 12.8 Å². The second kappa shape index (κ2) is 40.8. The molecule has 0 unspecified atom stereocenters. The Bertz CT molecular complexity index is 705. The van der Waals surface area contributed by atoms with E-state index in [0.29, 0.717) is 0 Å². The molecular weight excluding hydrogens is 607 g/mol. The van der Waals surface area contributed by atoms with Gasteiger partial charge < -0.3 is 0 Å². The third kappa shape index (κ3) is 35.4. The Kier molecular flexibility index (Phi) is 38.4. The van der Waals surface area contributed by atoms with Crippen molar-refractivity contribution >= 4 is 0 Å². The number of aromatic nitrogens is 3. The Morgan fingerprint density at radius 2 is 0.440 bits per heavy atom. The van der Waals surface area contributed by atoms with Crippen LogP contribution in [0.25, 0.3) is 0 Å². The van der Waals surface area contributed by atoms with Crippen LogP contribution in [0.2, 0.25) is 0 Å². The summed E-state index contributed by atoms with van der Waals surface area (Å²) < 4.78 is 0. The molecular formula is C47H91N3. The van der Waals surface area contributed by atoms with E-state index in [4.69, 9.17) is 4.98 Å². The third-order valence-corrected chi connectivity index (χ3v) is 11.2. The van der Waals surface area contributed by atoms with Crippen LogP contribution in [0.15, 0.2) is 6.33 Å². The summed E-state index contributed by atoms with van der Waals surface area (Å²) in [6.45, 7) is 4.61. The average molecular weight is 698 g/mol. The lowest BCUT2D eigenvalue weighted by molar-refractivity contribution is 0.520. The van der Waals surface area contributed by atoms with Crippen molar-refractivity contribution < 1.29 is 0 Å². The Morgan fingerprint density at radius 1 is 0.260 bits per heavy atom. The van der Waals surface area contributed by atoms with Gasteiger partial charge >= 0.3 is 0 Å². The highest BCUT2D eigenvalue weighted by Crippen LogP contribution is 2.17. The molecule has 0 aliphatic carbocycles. The van der Waals surface area contributed by atoms with Crippen molar-refractivity contribution in [1.82, 2.24) is 15.0 Å². The first kappa shape index (κ1) is 47.0. The number of hydrogen-bond acceptors (Lipinski definition) is 3. The van der Waals surface area contributed by atoms with Gasteiger partial charge in [0.25, 0.3) is 0 Å². The minimum atomic E-state index is 1.02. The van der Waals surface area contributed by atoms with Crippen LogP contribution in [0.4, 0.5) is 0 Å². The predicted molar refractivity (Wildman–Crippen MR) is 223 cm³/mol. The van der Waals surface area contributed by atoms with Crippen molar-refractivity contribution in [2.45, 2.75) is 284 Å².